The molecule has 2 N–H and O–H groups in total. The van der Waals surface area contributed by atoms with E-state index in [1.54, 1.807) is 12.1 Å². The van der Waals surface area contributed by atoms with Crippen LogP contribution < -0.4 is 10.0 Å². The van der Waals surface area contributed by atoms with Gasteiger partial charge in [-0.1, -0.05) is 12.1 Å². The lowest BCUT2D eigenvalue weighted by molar-refractivity contribution is 0.607. The molecule has 2 rings (SSSR count). The second-order valence-corrected chi connectivity index (χ2v) is 5.33. The molecule has 0 bridgehead atoms. The van der Waals surface area contributed by atoms with Crippen LogP contribution in [0.2, 0.25) is 0 Å². The van der Waals surface area contributed by atoms with Crippen molar-refractivity contribution < 1.29 is 8.42 Å². The molecule has 0 spiro atoms. The van der Waals surface area contributed by atoms with Gasteiger partial charge in [0.25, 0.3) is 0 Å². The zero-order valence-corrected chi connectivity index (χ0v) is 9.71. The maximum absolute atomic E-state index is 11.2. The minimum Gasteiger partial charge on any atom is -0.368 e. The van der Waals surface area contributed by atoms with E-state index in [1.165, 1.54) is 0 Å². The first-order chi connectivity index (χ1) is 7.56. The van der Waals surface area contributed by atoms with E-state index in [-0.39, 0.29) is 0 Å². The lowest BCUT2D eigenvalue weighted by Gasteiger charge is -2.10. The van der Waals surface area contributed by atoms with E-state index in [4.69, 9.17) is 0 Å². The molecular formula is C10H13N3O2S. The number of rotatable bonds is 3. The Bertz CT molecular complexity index is 523. The number of nitrogens with one attached hydrogen (secondary N) is 2. The summed E-state index contributed by atoms with van der Waals surface area (Å²) >= 11 is 0. The predicted octanol–water partition coefficient (Wildman–Crippen LogP) is 0.408. The molecule has 5 nitrogen and oxygen atoms in total. The summed E-state index contributed by atoms with van der Waals surface area (Å²) in [6.45, 7) is 1.52. The summed E-state index contributed by atoms with van der Waals surface area (Å²) in [4.78, 5) is 4.27. The topological polar surface area (TPSA) is 70.6 Å². The minimum absolute atomic E-state index is 0.554. The van der Waals surface area contributed by atoms with Gasteiger partial charge in [0, 0.05) is 12.1 Å². The molecule has 86 valence electrons. The molecule has 1 aliphatic rings. The van der Waals surface area contributed by atoms with Crippen LogP contribution in [0.4, 0.5) is 5.69 Å². The third kappa shape index (κ3) is 2.52. The number of para-hydroxylation sites is 1. The molecule has 1 aromatic rings. The van der Waals surface area contributed by atoms with Crippen molar-refractivity contribution in [3.63, 3.8) is 0 Å². The summed E-state index contributed by atoms with van der Waals surface area (Å²) in [6.07, 6.45) is 1.13. The van der Waals surface area contributed by atoms with Gasteiger partial charge in [-0.3, -0.25) is 9.71 Å². The maximum Gasteiger partial charge on any atom is 0.229 e. The molecule has 6 heteroatoms. The number of nitrogens with zero attached hydrogens (tertiary/aromatic N) is 1. The fraction of sp³-hybridized carbons (Fsp3) is 0.300. The summed E-state index contributed by atoms with van der Waals surface area (Å²) in [5.41, 5.74) is 1.34. The first-order valence-electron chi connectivity index (χ1n) is 4.92. The van der Waals surface area contributed by atoms with Crippen LogP contribution in [-0.4, -0.2) is 33.6 Å². The van der Waals surface area contributed by atoms with Gasteiger partial charge in [0.2, 0.25) is 10.0 Å². The molecule has 0 amide bonds. The lowest BCUT2D eigenvalue weighted by Crippen LogP contribution is -2.22. The SMILES string of the molecule is CS(=O)(=O)Nc1ccccc1C1=NCCN1. The number of amidine groups is 1. The molecule has 1 heterocycles. The van der Waals surface area contributed by atoms with Crippen LogP contribution in [0.3, 0.4) is 0 Å². The van der Waals surface area contributed by atoms with Gasteiger partial charge < -0.3 is 5.32 Å². The van der Waals surface area contributed by atoms with E-state index in [0.29, 0.717) is 5.69 Å². The fourth-order valence-corrected chi connectivity index (χ4v) is 2.13. The molecule has 0 saturated heterocycles. The smallest absolute Gasteiger partial charge is 0.229 e. The fourth-order valence-electron chi connectivity index (χ4n) is 1.56. The number of aliphatic imine (C=N–C) groups is 1. The predicted molar refractivity (Wildman–Crippen MR) is 64.3 cm³/mol. The van der Waals surface area contributed by atoms with Crippen molar-refractivity contribution in [1.82, 2.24) is 5.32 Å². The van der Waals surface area contributed by atoms with Gasteiger partial charge in [0.1, 0.15) is 5.84 Å². The van der Waals surface area contributed by atoms with Gasteiger partial charge in [-0.15, -0.1) is 0 Å². The second-order valence-electron chi connectivity index (χ2n) is 3.58. The molecule has 0 atom stereocenters. The first kappa shape index (κ1) is 10.9. The average molecular weight is 239 g/mol. The quantitative estimate of drug-likeness (QED) is 0.802. The third-order valence-corrected chi connectivity index (χ3v) is 2.74. The highest BCUT2D eigenvalue weighted by Gasteiger charge is 2.13. The zero-order valence-electron chi connectivity index (χ0n) is 8.90. The molecule has 1 aliphatic heterocycles. The van der Waals surface area contributed by atoms with Gasteiger partial charge in [0.15, 0.2) is 0 Å². The van der Waals surface area contributed by atoms with Crippen molar-refractivity contribution >= 4 is 21.5 Å². The first-order valence-corrected chi connectivity index (χ1v) is 6.81. The Balaban J connectivity index is 2.38. The number of anilines is 1. The molecule has 0 fully saturated rings. The van der Waals surface area contributed by atoms with E-state index in [0.717, 1.165) is 30.7 Å². The van der Waals surface area contributed by atoms with Crippen molar-refractivity contribution in [2.24, 2.45) is 4.99 Å². The van der Waals surface area contributed by atoms with Gasteiger partial charge in [0.05, 0.1) is 18.5 Å². The van der Waals surface area contributed by atoms with Crippen LogP contribution in [-0.2, 0) is 10.0 Å². The Kier molecular flexibility index (Phi) is 2.82. The van der Waals surface area contributed by atoms with Gasteiger partial charge >= 0.3 is 0 Å². The lowest BCUT2D eigenvalue weighted by atomic mass is 10.1. The second kappa shape index (κ2) is 4.13. The summed E-state index contributed by atoms with van der Waals surface area (Å²) in [5, 5.41) is 3.11. The maximum atomic E-state index is 11.2. The average Bonchev–Trinajstić information content (AvgIpc) is 2.69. The van der Waals surface area contributed by atoms with Crippen LogP contribution in [0.5, 0.6) is 0 Å². The Morgan fingerprint density at radius 3 is 2.75 bits per heavy atom. The van der Waals surface area contributed by atoms with Gasteiger partial charge in [-0.25, -0.2) is 8.42 Å². The van der Waals surface area contributed by atoms with E-state index >= 15 is 0 Å². The molecule has 1 aromatic carbocycles. The standard InChI is InChI=1S/C10H13N3O2S/c1-16(14,15)13-9-5-3-2-4-8(9)10-11-6-7-12-10/h2-5,13H,6-7H2,1H3,(H,11,12). The van der Waals surface area contributed by atoms with Gasteiger partial charge in [-0.05, 0) is 12.1 Å². The number of benzene rings is 1. The molecule has 0 unspecified atom stereocenters. The Morgan fingerprint density at radius 2 is 2.12 bits per heavy atom. The molecule has 0 radical (unpaired) electrons. The zero-order chi connectivity index (χ0) is 11.6. The van der Waals surface area contributed by atoms with E-state index in [1.807, 2.05) is 12.1 Å². The van der Waals surface area contributed by atoms with Gasteiger partial charge in [-0.2, -0.15) is 0 Å². The van der Waals surface area contributed by atoms with E-state index in [9.17, 15) is 8.42 Å². The number of sulfonamides is 1. The molecule has 16 heavy (non-hydrogen) atoms. The van der Waals surface area contributed by atoms with Crippen LogP contribution in [0.15, 0.2) is 29.3 Å². The Hall–Kier alpha value is -1.56. The minimum atomic E-state index is -3.26. The van der Waals surface area contributed by atoms with E-state index < -0.39 is 10.0 Å². The summed E-state index contributed by atoms with van der Waals surface area (Å²) in [7, 11) is -3.26. The summed E-state index contributed by atoms with van der Waals surface area (Å²) < 4.78 is 24.9. The van der Waals surface area contributed by atoms with Crippen molar-refractivity contribution in [2.45, 2.75) is 0 Å². The molecule has 0 aromatic heterocycles. The Labute approximate surface area is 94.6 Å². The number of hydrogen-bond acceptors (Lipinski definition) is 4. The van der Waals surface area contributed by atoms with Crippen LogP contribution >= 0.6 is 0 Å². The van der Waals surface area contributed by atoms with Crippen molar-refractivity contribution in [3.8, 4) is 0 Å². The van der Waals surface area contributed by atoms with Crippen LogP contribution in [0, 0.1) is 0 Å². The van der Waals surface area contributed by atoms with Crippen LogP contribution in [0.1, 0.15) is 5.56 Å². The van der Waals surface area contributed by atoms with Crippen LogP contribution in [0.25, 0.3) is 0 Å². The Morgan fingerprint density at radius 1 is 1.38 bits per heavy atom. The third-order valence-electron chi connectivity index (χ3n) is 2.15. The summed E-state index contributed by atoms with van der Waals surface area (Å²) in [5.74, 6) is 0.742. The van der Waals surface area contributed by atoms with E-state index in [2.05, 4.69) is 15.0 Å². The normalized spacial score (nSPS) is 15.4. The largest absolute Gasteiger partial charge is 0.368 e. The molecule has 0 aliphatic carbocycles. The highest BCUT2D eigenvalue weighted by Crippen LogP contribution is 2.17. The number of hydrogen-bond donors (Lipinski definition) is 2. The summed E-state index contributed by atoms with van der Waals surface area (Å²) in [6, 6.07) is 7.20. The van der Waals surface area contributed by atoms with Crippen molar-refractivity contribution in [2.75, 3.05) is 24.1 Å². The van der Waals surface area contributed by atoms with Crippen molar-refractivity contribution in [3.05, 3.63) is 29.8 Å². The molecular weight excluding hydrogens is 226 g/mol. The highest BCUT2D eigenvalue weighted by molar-refractivity contribution is 7.92. The van der Waals surface area contributed by atoms with Crippen molar-refractivity contribution in [1.29, 1.82) is 0 Å². The molecule has 0 saturated carbocycles. The highest BCUT2D eigenvalue weighted by atomic mass is 32.2. The monoisotopic (exact) mass is 239 g/mol.